The van der Waals surface area contributed by atoms with Gasteiger partial charge in [0, 0.05) is 12.4 Å². The smallest absolute Gasteiger partial charge is 0.359 e. The van der Waals surface area contributed by atoms with E-state index in [0.717, 1.165) is 5.39 Å². The van der Waals surface area contributed by atoms with Crippen LogP contribution in [0.3, 0.4) is 0 Å². The molecule has 1 aromatic carbocycles. The van der Waals surface area contributed by atoms with Crippen molar-refractivity contribution in [1.29, 1.82) is 0 Å². The fourth-order valence-electron chi connectivity index (χ4n) is 1.24. The van der Waals surface area contributed by atoms with Crippen LogP contribution in [0.25, 0.3) is 11.0 Å². The molecular formula is C12H15NO2. The molecule has 1 N–H and O–H groups in total. The summed E-state index contributed by atoms with van der Waals surface area (Å²) >= 11 is 0. The van der Waals surface area contributed by atoms with E-state index in [0.29, 0.717) is 11.3 Å². The van der Waals surface area contributed by atoms with Crippen molar-refractivity contribution in [3.8, 4) is 0 Å². The van der Waals surface area contributed by atoms with Gasteiger partial charge in [0.05, 0.1) is 0 Å². The summed E-state index contributed by atoms with van der Waals surface area (Å²) in [6.07, 6.45) is 0. The Bertz CT molecular complexity index is 488. The lowest BCUT2D eigenvalue weighted by Crippen LogP contribution is -2.05. The lowest BCUT2D eigenvalue weighted by Gasteiger charge is -1.99. The fourth-order valence-corrected chi connectivity index (χ4v) is 1.24. The summed E-state index contributed by atoms with van der Waals surface area (Å²) in [5, 5.41) is 3.70. The van der Waals surface area contributed by atoms with Crippen molar-refractivity contribution in [2.45, 2.75) is 13.8 Å². The van der Waals surface area contributed by atoms with E-state index < -0.39 is 0 Å². The van der Waals surface area contributed by atoms with Crippen LogP contribution in [-0.2, 0) is 0 Å². The Morgan fingerprint density at radius 3 is 2.53 bits per heavy atom. The molecule has 80 valence electrons. The lowest BCUT2D eigenvalue weighted by molar-refractivity contribution is 0.563. The second-order valence-electron chi connectivity index (χ2n) is 2.74. The topological polar surface area (TPSA) is 42.2 Å². The molecule has 0 unspecified atom stereocenters. The molecule has 0 bridgehead atoms. The van der Waals surface area contributed by atoms with Gasteiger partial charge in [-0.25, -0.2) is 4.79 Å². The molecule has 0 atom stereocenters. The zero-order chi connectivity index (χ0) is 11.3. The van der Waals surface area contributed by atoms with Gasteiger partial charge in [-0.15, -0.1) is 0 Å². The van der Waals surface area contributed by atoms with Crippen molar-refractivity contribution in [2.75, 3.05) is 12.4 Å². The van der Waals surface area contributed by atoms with Gasteiger partial charge in [-0.2, -0.15) is 0 Å². The van der Waals surface area contributed by atoms with Crippen LogP contribution in [0.5, 0.6) is 0 Å². The van der Waals surface area contributed by atoms with E-state index in [1.165, 1.54) is 0 Å². The van der Waals surface area contributed by atoms with Crippen LogP contribution in [0.4, 0.5) is 5.69 Å². The summed E-state index contributed by atoms with van der Waals surface area (Å²) in [6.45, 7) is 4.00. The third kappa shape index (κ3) is 2.37. The number of para-hydroxylation sites is 1. The minimum Gasteiger partial charge on any atom is -0.421 e. The monoisotopic (exact) mass is 205 g/mol. The van der Waals surface area contributed by atoms with Gasteiger partial charge in [-0.1, -0.05) is 32.0 Å². The highest BCUT2D eigenvalue weighted by atomic mass is 16.4. The summed E-state index contributed by atoms with van der Waals surface area (Å²) in [5.74, 6) is 0. The Labute approximate surface area is 88.7 Å². The van der Waals surface area contributed by atoms with Crippen LogP contribution in [0.2, 0.25) is 0 Å². The van der Waals surface area contributed by atoms with Gasteiger partial charge in [0.1, 0.15) is 11.3 Å². The van der Waals surface area contributed by atoms with Crippen molar-refractivity contribution in [1.82, 2.24) is 0 Å². The van der Waals surface area contributed by atoms with E-state index in [1.807, 2.05) is 32.0 Å². The van der Waals surface area contributed by atoms with E-state index in [2.05, 4.69) is 5.32 Å². The van der Waals surface area contributed by atoms with Gasteiger partial charge in [-0.05, 0) is 12.1 Å². The third-order valence-electron chi connectivity index (χ3n) is 1.91. The molecule has 3 nitrogen and oxygen atoms in total. The van der Waals surface area contributed by atoms with Crippen LogP contribution in [-0.4, -0.2) is 7.05 Å². The summed E-state index contributed by atoms with van der Waals surface area (Å²) in [4.78, 5) is 11.2. The molecule has 2 aromatic rings. The second-order valence-corrected chi connectivity index (χ2v) is 2.74. The van der Waals surface area contributed by atoms with E-state index in [1.54, 1.807) is 19.2 Å². The average Bonchev–Trinajstić information content (AvgIpc) is 2.31. The summed E-state index contributed by atoms with van der Waals surface area (Å²) in [6, 6.07) is 9.20. The standard InChI is InChI=1S/C10H9NO2.C2H6/c1-11-8-6-7-4-2-3-5-9(7)13-10(8)12;1-2/h2-6,11H,1H3;1-2H3. The largest absolute Gasteiger partial charge is 0.421 e. The maximum Gasteiger partial charge on any atom is 0.359 e. The predicted molar refractivity (Wildman–Crippen MR) is 63.4 cm³/mol. The maximum absolute atomic E-state index is 11.2. The number of hydrogen-bond acceptors (Lipinski definition) is 3. The quantitative estimate of drug-likeness (QED) is 0.728. The molecule has 1 aromatic heterocycles. The highest BCUT2D eigenvalue weighted by Gasteiger charge is 2.01. The zero-order valence-corrected chi connectivity index (χ0v) is 9.20. The number of rotatable bonds is 1. The minimum atomic E-state index is -0.332. The van der Waals surface area contributed by atoms with Crippen molar-refractivity contribution < 1.29 is 4.42 Å². The first-order valence-corrected chi connectivity index (χ1v) is 5.02. The molecule has 15 heavy (non-hydrogen) atoms. The van der Waals surface area contributed by atoms with Crippen LogP contribution < -0.4 is 10.9 Å². The molecule has 2 rings (SSSR count). The predicted octanol–water partition coefficient (Wildman–Crippen LogP) is 2.86. The molecule has 0 aliphatic heterocycles. The number of anilines is 1. The summed E-state index contributed by atoms with van der Waals surface area (Å²) in [5.41, 5.74) is 0.770. The first-order valence-electron chi connectivity index (χ1n) is 5.02. The summed E-state index contributed by atoms with van der Waals surface area (Å²) < 4.78 is 5.07. The van der Waals surface area contributed by atoms with Crippen molar-refractivity contribution in [3.05, 3.63) is 40.8 Å². The van der Waals surface area contributed by atoms with Crippen LogP contribution in [0, 0.1) is 0 Å². The van der Waals surface area contributed by atoms with E-state index in [9.17, 15) is 4.79 Å². The highest BCUT2D eigenvalue weighted by Crippen LogP contribution is 2.14. The molecule has 0 fully saturated rings. The van der Waals surface area contributed by atoms with Crippen molar-refractivity contribution in [3.63, 3.8) is 0 Å². The molecule has 0 radical (unpaired) electrons. The first kappa shape index (κ1) is 11.3. The number of fused-ring (bicyclic) bond motifs is 1. The van der Waals surface area contributed by atoms with Crippen LogP contribution >= 0.6 is 0 Å². The number of hydrogen-bond donors (Lipinski definition) is 1. The molecule has 0 aliphatic rings. The molecule has 0 saturated heterocycles. The average molecular weight is 205 g/mol. The number of benzene rings is 1. The Balaban J connectivity index is 0.000000531. The zero-order valence-electron chi connectivity index (χ0n) is 9.20. The van der Waals surface area contributed by atoms with E-state index in [4.69, 9.17) is 4.42 Å². The Kier molecular flexibility index (Phi) is 3.92. The van der Waals surface area contributed by atoms with Gasteiger partial charge >= 0.3 is 5.63 Å². The first-order chi connectivity index (χ1) is 7.31. The third-order valence-corrected chi connectivity index (χ3v) is 1.91. The lowest BCUT2D eigenvalue weighted by atomic mass is 10.2. The second kappa shape index (κ2) is 5.20. The molecule has 0 amide bonds. The normalized spacial score (nSPS) is 9.27. The molecule has 1 heterocycles. The van der Waals surface area contributed by atoms with Gasteiger partial charge < -0.3 is 9.73 Å². The van der Waals surface area contributed by atoms with Crippen LogP contribution in [0.15, 0.2) is 39.5 Å². The fraction of sp³-hybridized carbons (Fsp3) is 0.250. The van der Waals surface area contributed by atoms with Crippen molar-refractivity contribution >= 4 is 16.7 Å². The van der Waals surface area contributed by atoms with Gasteiger partial charge in [-0.3, -0.25) is 0 Å². The molecule has 0 spiro atoms. The highest BCUT2D eigenvalue weighted by molar-refractivity contribution is 5.79. The van der Waals surface area contributed by atoms with Gasteiger partial charge in [0.2, 0.25) is 0 Å². The van der Waals surface area contributed by atoms with E-state index in [-0.39, 0.29) is 5.63 Å². The maximum atomic E-state index is 11.2. The minimum absolute atomic E-state index is 0.332. The van der Waals surface area contributed by atoms with Gasteiger partial charge in [0.25, 0.3) is 0 Å². The molecule has 3 heteroatoms. The molecule has 0 aliphatic carbocycles. The summed E-state index contributed by atoms with van der Waals surface area (Å²) in [7, 11) is 1.70. The Morgan fingerprint density at radius 2 is 1.87 bits per heavy atom. The SMILES string of the molecule is CC.CNc1cc2ccccc2oc1=O. The number of nitrogens with one attached hydrogen (secondary N) is 1. The van der Waals surface area contributed by atoms with E-state index >= 15 is 0 Å². The molecular weight excluding hydrogens is 190 g/mol. The van der Waals surface area contributed by atoms with Gasteiger partial charge in [0.15, 0.2) is 0 Å². The van der Waals surface area contributed by atoms with Crippen molar-refractivity contribution in [2.24, 2.45) is 0 Å². The Morgan fingerprint density at radius 1 is 1.20 bits per heavy atom. The Hall–Kier alpha value is -1.77. The molecule has 0 saturated carbocycles. The van der Waals surface area contributed by atoms with Crippen LogP contribution in [0.1, 0.15) is 13.8 Å².